The minimum atomic E-state index is 0.268. The van der Waals surface area contributed by atoms with E-state index in [1.807, 2.05) is 25.3 Å². The molecular formula is C21H28ClN3O. The topological polar surface area (TPSA) is 37.4 Å². The third kappa shape index (κ3) is 4.76. The van der Waals surface area contributed by atoms with E-state index in [0.29, 0.717) is 11.1 Å². The van der Waals surface area contributed by atoms with E-state index in [2.05, 4.69) is 40.3 Å². The smallest absolute Gasteiger partial charge is 0.140 e. The van der Waals surface area contributed by atoms with Crippen LogP contribution in [0.2, 0.25) is 5.02 Å². The van der Waals surface area contributed by atoms with Gasteiger partial charge in [0.1, 0.15) is 5.75 Å². The number of nitrogens with zero attached hydrogens (tertiary/aromatic N) is 2. The van der Waals surface area contributed by atoms with E-state index in [1.165, 1.54) is 5.56 Å². The van der Waals surface area contributed by atoms with Crippen molar-refractivity contribution < 1.29 is 4.74 Å². The van der Waals surface area contributed by atoms with Crippen LogP contribution in [0.15, 0.2) is 36.5 Å². The molecule has 5 heteroatoms. The van der Waals surface area contributed by atoms with Crippen LogP contribution in [0.5, 0.6) is 5.75 Å². The van der Waals surface area contributed by atoms with Crippen LogP contribution in [0.3, 0.4) is 0 Å². The molecule has 0 aliphatic carbocycles. The number of halogens is 1. The lowest BCUT2D eigenvalue weighted by molar-refractivity contribution is 0.183. The zero-order valence-corrected chi connectivity index (χ0v) is 16.6. The zero-order valence-electron chi connectivity index (χ0n) is 15.8. The highest BCUT2D eigenvalue weighted by Gasteiger charge is 2.21. The van der Waals surface area contributed by atoms with Crippen molar-refractivity contribution >= 4 is 11.6 Å². The van der Waals surface area contributed by atoms with Crippen molar-refractivity contribution in [3.63, 3.8) is 0 Å². The fourth-order valence-electron chi connectivity index (χ4n) is 3.69. The van der Waals surface area contributed by atoms with Gasteiger partial charge in [0.05, 0.1) is 17.8 Å². The molecule has 3 rings (SSSR count). The first-order valence-electron chi connectivity index (χ1n) is 9.29. The van der Waals surface area contributed by atoms with Crippen LogP contribution in [-0.2, 0) is 6.54 Å². The van der Waals surface area contributed by atoms with Crippen molar-refractivity contribution in [1.29, 1.82) is 0 Å². The van der Waals surface area contributed by atoms with Crippen LogP contribution in [0.25, 0.3) is 0 Å². The Kier molecular flexibility index (Phi) is 6.52. The SMILES string of the molecule is COc1c(C)cc(C(C)NC2CCN(Cc3ccccn3)CC2)cc1Cl. The molecule has 0 radical (unpaired) electrons. The van der Waals surface area contributed by atoms with Gasteiger partial charge in [-0.15, -0.1) is 0 Å². The molecule has 0 saturated carbocycles. The van der Waals surface area contributed by atoms with Crippen molar-refractivity contribution in [1.82, 2.24) is 15.2 Å². The third-order valence-electron chi connectivity index (χ3n) is 5.14. The number of hydrogen-bond donors (Lipinski definition) is 1. The number of hydrogen-bond acceptors (Lipinski definition) is 4. The molecule has 1 fully saturated rings. The van der Waals surface area contributed by atoms with Gasteiger partial charge in [-0.1, -0.05) is 23.7 Å². The van der Waals surface area contributed by atoms with Gasteiger partial charge in [-0.05, 0) is 56.0 Å². The van der Waals surface area contributed by atoms with Crippen molar-refractivity contribution in [3.05, 3.63) is 58.4 Å². The van der Waals surface area contributed by atoms with E-state index >= 15 is 0 Å². The highest BCUT2D eigenvalue weighted by Crippen LogP contribution is 2.32. The van der Waals surface area contributed by atoms with Crippen LogP contribution in [0, 0.1) is 6.92 Å². The summed E-state index contributed by atoms with van der Waals surface area (Å²) in [6.07, 6.45) is 4.17. The fraction of sp³-hybridized carbons (Fsp3) is 0.476. The van der Waals surface area contributed by atoms with E-state index in [4.69, 9.17) is 16.3 Å². The van der Waals surface area contributed by atoms with Gasteiger partial charge in [0.25, 0.3) is 0 Å². The molecule has 4 nitrogen and oxygen atoms in total. The molecule has 0 amide bonds. The second-order valence-corrected chi connectivity index (χ2v) is 7.52. The first-order chi connectivity index (χ1) is 12.6. The predicted molar refractivity (Wildman–Crippen MR) is 107 cm³/mol. The standard InChI is InChI=1S/C21H28ClN3O/c1-15-12-17(13-20(22)21(15)26-3)16(2)24-18-7-10-25(11-8-18)14-19-6-4-5-9-23-19/h4-6,9,12-13,16,18,24H,7-8,10-11,14H2,1-3H3. The Bertz CT molecular complexity index is 691. The Morgan fingerprint density at radius 1 is 1.31 bits per heavy atom. The molecule has 26 heavy (non-hydrogen) atoms. The highest BCUT2D eigenvalue weighted by molar-refractivity contribution is 6.32. The molecule has 0 spiro atoms. The molecule has 1 atom stereocenters. The number of rotatable bonds is 6. The summed E-state index contributed by atoms with van der Waals surface area (Å²) in [5.74, 6) is 0.769. The van der Waals surface area contributed by atoms with Gasteiger partial charge < -0.3 is 10.1 Å². The molecule has 2 heterocycles. The molecule has 1 N–H and O–H groups in total. The number of methoxy groups -OCH3 is 1. The Morgan fingerprint density at radius 3 is 2.69 bits per heavy atom. The van der Waals surface area contributed by atoms with Crippen molar-refractivity contribution in [2.45, 2.75) is 45.3 Å². The summed E-state index contributed by atoms with van der Waals surface area (Å²) in [7, 11) is 1.66. The maximum absolute atomic E-state index is 6.35. The van der Waals surface area contributed by atoms with Gasteiger partial charge in [-0.2, -0.15) is 0 Å². The highest BCUT2D eigenvalue weighted by atomic mass is 35.5. The minimum Gasteiger partial charge on any atom is -0.495 e. The number of likely N-dealkylation sites (tertiary alicyclic amines) is 1. The Balaban J connectivity index is 1.53. The average molecular weight is 374 g/mol. The van der Waals surface area contributed by atoms with Crippen LogP contribution < -0.4 is 10.1 Å². The van der Waals surface area contributed by atoms with Crippen LogP contribution in [0.1, 0.15) is 42.6 Å². The lowest BCUT2D eigenvalue weighted by atomic mass is 10.00. The van der Waals surface area contributed by atoms with Crippen LogP contribution in [-0.4, -0.2) is 36.1 Å². The molecule has 1 aliphatic rings. The van der Waals surface area contributed by atoms with Crippen molar-refractivity contribution in [2.75, 3.05) is 20.2 Å². The maximum atomic E-state index is 6.35. The van der Waals surface area contributed by atoms with Gasteiger partial charge in [0.2, 0.25) is 0 Å². The quantitative estimate of drug-likeness (QED) is 0.815. The summed E-state index contributed by atoms with van der Waals surface area (Å²) in [6, 6.07) is 11.1. The van der Waals surface area contributed by atoms with Gasteiger partial charge >= 0.3 is 0 Å². The molecule has 1 aromatic heterocycles. The van der Waals surface area contributed by atoms with E-state index in [1.54, 1.807) is 7.11 Å². The maximum Gasteiger partial charge on any atom is 0.140 e. The average Bonchev–Trinajstić information content (AvgIpc) is 2.64. The molecule has 1 aliphatic heterocycles. The first kappa shape index (κ1) is 19.2. The number of pyridine rings is 1. The number of aryl methyl sites for hydroxylation is 1. The molecule has 1 aromatic carbocycles. The Labute approximate surface area is 161 Å². The normalized spacial score (nSPS) is 17.2. The third-order valence-corrected chi connectivity index (χ3v) is 5.42. The summed E-state index contributed by atoms with van der Waals surface area (Å²) in [5, 5.41) is 4.45. The molecule has 2 aromatic rings. The zero-order chi connectivity index (χ0) is 18.5. The lowest BCUT2D eigenvalue weighted by Gasteiger charge is -2.34. The lowest BCUT2D eigenvalue weighted by Crippen LogP contribution is -2.43. The number of nitrogens with one attached hydrogen (secondary N) is 1. The van der Waals surface area contributed by atoms with Crippen molar-refractivity contribution in [3.8, 4) is 5.75 Å². The minimum absolute atomic E-state index is 0.268. The second-order valence-electron chi connectivity index (χ2n) is 7.11. The number of benzene rings is 1. The van der Waals surface area contributed by atoms with E-state index < -0.39 is 0 Å². The molecule has 1 saturated heterocycles. The monoisotopic (exact) mass is 373 g/mol. The molecule has 0 bridgehead atoms. The van der Waals surface area contributed by atoms with E-state index in [0.717, 1.165) is 49.5 Å². The Morgan fingerprint density at radius 2 is 2.08 bits per heavy atom. The summed E-state index contributed by atoms with van der Waals surface area (Å²) in [5.41, 5.74) is 3.44. The molecular weight excluding hydrogens is 346 g/mol. The van der Waals surface area contributed by atoms with Gasteiger partial charge in [-0.25, -0.2) is 0 Å². The summed E-state index contributed by atoms with van der Waals surface area (Å²) in [4.78, 5) is 6.92. The van der Waals surface area contributed by atoms with Gasteiger partial charge in [-0.3, -0.25) is 9.88 Å². The van der Waals surface area contributed by atoms with Gasteiger partial charge in [0.15, 0.2) is 0 Å². The molecule has 140 valence electrons. The van der Waals surface area contributed by atoms with E-state index in [9.17, 15) is 0 Å². The van der Waals surface area contributed by atoms with Crippen molar-refractivity contribution in [2.24, 2.45) is 0 Å². The summed E-state index contributed by atoms with van der Waals surface area (Å²) < 4.78 is 5.36. The largest absolute Gasteiger partial charge is 0.495 e. The van der Waals surface area contributed by atoms with E-state index in [-0.39, 0.29) is 6.04 Å². The predicted octanol–water partition coefficient (Wildman–Crippen LogP) is 4.37. The van der Waals surface area contributed by atoms with Crippen LogP contribution in [0.4, 0.5) is 0 Å². The fourth-order valence-corrected chi connectivity index (χ4v) is 4.05. The second kappa shape index (κ2) is 8.85. The molecule has 1 unspecified atom stereocenters. The summed E-state index contributed by atoms with van der Waals surface area (Å²) in [6.45, 7) is 7.39. The number of aromatic nitrogens is 1. The summed E-state index contributed by atoms with van der Waals surface area (Å²) >= 11 is 6.35. The van der Waals surface area contributed by atoms with Gasteiger partial charge in [0, 0.05) is 37.9 Å². The van der Waals surface area contributed by atoms with Crippen LogP contribution >= 0.6 is 11.6 Å². The first-order valence-corrected chi connectivity index (χ1v) is 9.67. The number of piperidine rings is 1. The Hall–Kier alpha value is -1.62. The number of ether oxygens (including phenoxy) is 1.